The summed E-state index contributed by atoms with van der Waals surface area (Å²) < 4.78 is 6.23. The van der Waals surface area contributed by atoms with Crippen LogP contribution >= 0.6 is 15.9 Å². The maximum atomic E-state index is 12.7. The smallest absolute Gasteiger partial charge is 0.170 e. The van der Waals surface area contributed by atoms with E-state index in [9.17, 15) is 4.79 Å². The van der Waals surface area contributed by atoms with Gasteiger partial charge in [0.2, 0.25) is 0 Å². The van der Waals surface area contributed by atoms with Crippen LogP contribution in [0.15, 0.2) is 22.7 Å². The van der Waals surface area contributed by atoms with Crippen LogP contribution in [-0.4, -0.2) is 12.9 Å². The van der Waals surface area contributed by atoms with E-state index in [-0.39, 0.29) is 17.1 Å². The minimum atomic E-state index is 0.102. The van der Waals surface area contributed by atoms with Gasteiger partial charge in [0.1, 0.15) is 5.75 Å². The lowest BCUT2D eigenvalue weighted by Gasteiger charge is -2.26. The third-order valence-electron chi connectivity index (χ3n) is 4.00. The van der Waals surface area contributed by atoms with Crippen molar-refractivity contribution in [2.45, 2.75) is 33.1 Å². The Hall–Kier alpha value is -0.830. The molecule has 0 saturated heterocycles. The molecule has 1 saturated carbocycles. The Bertz CT molecular complexity index is 466. The van der Waals surface area contributed by atoms with Crippen molar-refractivity contribution in [1.82, 2.24) is 0 Å². The maximum Gasteiger partial charge on any atom is 0.170 e. The van der Waals surface area contributed by atoms with Crippen molar-refractivity contribution in [3.05, 3.63) is 28.2 Å². The molecule has 1 aliphatic carbocycles. The molecule has 2 nitrogen and oxygen atoms in total. The molecule has 0 amide bonds. The van der Waals surface area contributed by atoms with E-state index >= 15 is 0 Å². The van der Waals surface area contributed by atoms with Crippen LogP contribution in [-0.2, 0) is 0 Å². The second-order valence-corrected chi connectivity index (χ2v) is 6.56. The summed E-state index contributed by atoms with van der Waals surface area (Å²) >= 11 is 3.42. The monoisotopic (exact) mass is 310 g/mol. The number of halogens is 1. The highest BCUT2D eigenvalue weighted by molar-refractivity contribution is 9.10. The summed E-state index contributed by atoms with van der Waals surface area (Å²) in [6.45, 7) is 4.38. The molecule has 0 aromatic heterocycles. The molecule has 1 aliphatic rings. The lowest BCUT2D eigenvalue weighted by atomic mass is 9.77. The summed E-state index contributed by atoms with van der Waals surface area (Å²) in [4.78, 5) is 12.7. The van der Waals surface area contributed by atoms with E-state index in [1.165, 1.54) is 0 Å². The zero-order chi connectivity index (χ0) is 13.3. The molecular formula is C15H19BrO2. The number of carbonyl (C=O) groups is 1. The van der Waals surface area contributed by atoms with Gasteiger partial charge < -0.3 is 4.74 Å². The lowest BCUT2D eigenvalue weighted by molar-refractivity contribution is 0.0836. The molecule has 2 rings (SSSR count). The number of rotatable bonds is 3. The van der Waals surface area contributed by atoms with Crippen LogP contribution in [0.4, 0.5) is 0 Å². The Labute approximate surface area is 117 Å². The fraction of sp³-hybridized carbons (Fsp3) is 0.533. The highest BCUT2D eigenvalue weighted by Gasteiger charge is 2.40. The van der Waals surface area contributed by atoms with Gasteiger partial charge in [-0.25, -0.2) is 0 Å². The zero-order valence-electron chi connectivity index (χ0n) is 11.1. The number of carbonyl (C=O) groups excluding carboxylic acids is 1. The van der Waals surface area contributed by atoms with Gasteiger partial charge >= 0.3 is 0 Å². The standard InChI is InChI=1S/C15H19BrO2/c1-15(2)8-4-5-12(15)14(17)11-9-10(16)6-7-13(11)18-3/h6-7,9,12H,4-5,8H2,1-3H3. The molecule has 1 fully saturated rings. The van der Waals surface area contributed by atoms with E-state index in [1.54, 1.807) is 7.11 Å². The fourth-order valence-electron chi connectivity index (χ4n) is 2.87. The Kier molecular flexibility index (Phi) is 3.81. The third kappa shape index (κ3) is 2.46. The first-order chi connectivity index (χ1) is 8.45. The van der Waals surface area contributed by atoms with Gasteiger partial charge in [0, 0.05) is 10.4 Å². The van der Waals surface area contributed by atoms with E-state index in [4.69, 9.17) is 4.74 Å². The average Bonchev–Trinajstić information content (AvgIpc) is 2.68. The number of hydrogen-bond acceptors (Lipinski definition) is 2. The second-order valence-electron chi connectivity index (χ2n) is 5.64. The molecule has 98 valence electrons. The minimum absolute atomic E-state index is 0.102. The average molecular weight is 311 g/mol. The van der Waals surface area contributed by atoms with Gasteiger partial charge in [-0.15, -0.1) is 0 Å². The summed E-state index contributed by atoms with van der Waals surface area (Å²) in [5.41, 5.74) is 0.802. The Morgan fingerprint density at radius 3 is 2.72 bits per heavy atom. The molecule has 3 heteroatoms. The highest BCUT2D eigenvalue weighted by atomic mass is 79.9. The van der Waals surface area contributed by atoms with Gasteiger partial charge in [-0.3, -0.25) is 4.79 Å². The SMILES string of the molecule is COc1ccc(Br)cc1C(=O)C1CCCC1(C)C. The summed E-state index contributed by atoms with van der Waals surface area (Å²) in [7, 11) is 1.61. The van der Waals surface area contributed by atoms with Crippen molar-refractivity contribution < 1.29 is 9.53 Å². The van der Waals surface area contributed by atoms with Gasteiger partial charge in [0.05, 0.1) is 12.7 Å². The molecule has 0 heterocycles. The van der Waals surface area contributed by atoms with Crippen LogP contribution in [0.25, 0.3) is 0 Å². The molecule has 1 unspecified atom stereocenters. The summed E-state index contributed by atoms with van der Waals surface area (Å²) in [6, 6.07) is 5.62. The van der Waals surface area contributed by atoms with E-state index in [2.05, 4.69) is 29.8 Å². The van der Waals surface area contributed by atoms with Gasteiger partial charge in [0.25, 0.3) is 0 Å². The van der Waals surface area contributed by atoms with Gasteiger partial charge in [-0.05, 0) is 36.5 Å². The largest absolute Gasteiger partial charge is 0.496 e. The van der Waals surface area contributed by atoms with Crippen LogP contribution in [0.1, 0.15) is 43.5 Å². The quantitative estimate of drug-likeness (QED) is 0.770. The van der Waals surface area contributed by atoms with E-state index in [1.807, 2.05) is 18.2 Å². The first-order valence-corrected chi connectivity index (χ1v) is 7.13. The van der Waals surface area contributed by atoms with Crippen molar-refractivity contribution in [3.63, 3.8) is 0 Å². The molecule has 18 heavy (non-hydrogen) atoms. The number of ether oxygens (including phenoxy) is 1. The first-order valence-electron chi connectivity index (χ1n) is 6.33. The van der Waals surface area contributed by atoms with Crippen LogP contribution in [0.5, 0.6) is 5.75 Å². The first kappa shape index (κ1) is 13.6. The number of benzene rings is 1. The molecule has 1 atom stereocenters. The molecule has 1 aromatic carbocycles. The third-order valence-corrected chi connectivity index (χ3v) is 4.49. The Balaban J connectivity index is 2.37. The molecule has 0 aliphatic heterocycles. The van der Waals surface area contributed by atoms with Crippen molar-refractivity contribution >= 4 is 21.7 Å². The number of ketones is 1. The maximum absolute atomic E-state index is 12.7. The molecular weight excluding hydrogens is 292 g/mol. The van der Waals surface area contributed by atoms with E-state index in [0.717, 1.165) is 23.7 Å². The molecule has 0 N–H and O–H groups in total. The van der Waals surface area contributed by atoms with Crippen LogP contribution in [0.2, 0.25) is 0 Å². The zero-order valence-corrected chi connectivity index (χ0v) is 12.7. The Morgan fingerprint density at radius 2 is 2.17 bits per heavy atom. The lowest BCUT2D eigenvalue weighted by Crippen LogP contribution is -2.26. The topological polar surface area (TPSA) is 26.3 Å². The molecule has 1 aromatic rings. The second kappa shape index (κ2) is 5.04. The van der Waals surface area contributed by atoms with Crippen molar-refractivity contribution in [3.8, 4) is 5.75 Å². The predicted octanol–water partition coefficient (Wildman–Crippen LogP) is 4.47. The minimum Gasteiger partial charge on any atom is -0.496 e. The highest BCUT2D eigenvalue weighted by Crippen LogP contribution is 2.45. The Morgan fingerprint density at radius 1 is 1.44 bits per heavy atom. The van der Waals surface area contributed by atoms with Gasteiger partial charge in [-0.1, -0.05) is 36.2 Å². The molecule has 0 spiro atoms. The van der Waals surface area contributed by atoms with Crippen molar-refractivity contribution in [1.29, 1.82) is 0 Å². The van der Waals surface area contributed by atoms with Gasteiger partial charge in [0.15, 0.2) is 5.78 Å². The summed E-state index contributed by atoms with van der Waals surface area (Å²) in [5.74, 6) is 1.00. The molecule has 0 radical (unpaired) electrons. The molecule has 0 bridgehead atoms. The van der Waals surface area contributed by atoms with Crippen LogP contribution < -0.4 is 4.74 Å². The normalized spacial score (nSPS) is 21.9. The van der Waals surface area contributed by atoms with E-state index in [0.29, 0.717) is 11.3 Å². The van der Waals surface area contributed by atoms with Crippen molar-refractivity contribution in [2.75, 3.05) is 7.11 Å². The number of hydrogen-bond donors (Lipinski definition) is 0. The summed E-state index contributed by atoms with van der Waals surface area (Å²) in [6.07, 6.45) is 3.25. The van der Waals surface area contributed by atoms with Crippen molar-refractivity contribution in [2.24, 2.45) is 11.3 Å². The van der Waals surface area contributed by atoms with Gasteiger partial charge in [-0.2, -0.15) is 0 Å². The van der Waals surface area contributed by atoms with Crippen LogP contribution in [0, 0.1) is 11.3 Å². The number of Topliss-reactive ketones (excluding diaryl/α,β-unsaturated/α-hetero) is 1. The predicted molar refractivity (Wildman–Crippen MR) is 76.1 cm³/mol. The summed E-state index contributed by atoms with van der Waals surface area (Å²) in [5, 5.41) is 0. The number of methoxy groups -OCH3 is 1. The fourth-order valence-corrected chi connectivity index (χ4v) is 3.23. The van der Waals surface area contributed by atoms with Crippen LogP contribution in [0.3, 0.4) is 0 Å². The van der Waals surface area contributed by atoms with E-state index < -0.39 is 0 Å².